The number of carbonyl (C=O) groups is 6. The average Bonchev–Trinajstić information content (AvgIpc) is 1.56. The Morgan fingerprint density at radius 2 is 0.377 bits per heavy atom. The van der Waals surface area contributed by atoms with E-state index in [1.54, 1.807) is 45.3 Å². The first-order valence-corrected chi connectivity index (χ1v) is 49.9. The minimum absolute atomic E-state index is 0.0976. The van der Waals surface area contributed by atoms with Gasteiger partial charge in [-0.3, -0.25) is 28.8 Å². The Morgan fingerprint density at radius 3 is 0.574 bits per heavy atom. The van der Waals surface area contributed by atoms with E-state index in [0.717, 1.165) is 238 Å². The van der Waals surface area contributed by atoms with Crippen LogP contribution in [-0.2, 0) is 28.8 Å². The zero-order valence-corrected chi connectivity index (χ0v) is 77.7. The topological polar surface area (TPSA) is 122 Å². The number of fused-ring (bicyclic) bond motifs is 3. The number of carbonyl (C=O) groups excluding carboxylic acids is 6. The van der Waals surface area contributed by atoms with E-state index in [9.17, 15) is 0 Å². The van der Waals surface area contributed by atoms with Crippen LogP contribution < -0.4 is 0 Å². The predicted octanol–water partition coefficient (Wildman–Crippen LogP) is 27.3. The van der Waals surface area contributed by atoms with Crippen molar-refractivity contribution in [2.24, 2.45) is 35.5 Å². The number of hydrogen-bond acceptors (Lipinski definition) is 10. The van der Waals surface area contributed by atoms with Crippen molar-refractivity contribution in [2.45, 2.75) is 237 Å². The van der Waals surface area contributed by atoms with E-state index in [1.165, 1.54) is 0 Å². The lowest BCUT2D eigenvalue weighted by Crippen LogP contribution is -2.34. The fourth-order valence-corrected chi connectivity index (χ4v) is 23.5. The zero-order chi connectivity index (χ0) is 85.8. The van der Waals surface area contributed by atoms with Crippen LogP contribution in [0.15, 0.2) is 191 Å². The van der Waals surface area contributed by atoms with E-state index in [2.05, 4.69) is 229 Å². The van der Waals surface area contributed by atoms with Crippen LogP contribution in [0.2, 0.25) is 0 Å². The highest BCUT2D eigenvalue weighted by atomic mass is 32.1. The monoisotopic (exact) mass is 1710 g/mol. The molecule has 0 N–H and O–H groups in total. The normalized spacial score (nSPS) is 17.1. The van der Waals surface area contributed by atoms with Crippen LogP contribution in [0.3, 0.4) is 0 Å². The molecule has 16 heteroatoms. The molecule has 4 aromatic heterocycles. The van der Waals surface area contributed by atoms with Crippen LogP contribution in [0.25, 0.3) is 75.9 Å². The molecule has 14 rings (SSSR count). The Morgan fingerprint density at radius 1 is 0.205 bits per heavy atom. The minimum Gasteiger partial charge on any atom is -0.307 e. The first-order valence-electron chi connectivity index (χ1n) is 46.6. The molecular formula is C106H128N6O6S4. The Labute approximate surface area is 743 Å². The molecule has 6 aliphatic heterocycles. The van der Waals surface area contributed by atoms with Crippen molar-refractivity contribution in [3.05, 3.63) is 222 Å². The molecule has 6 amide bonds. The molecule has 0 saturated heterocycles. The van der Waals surface area contributed by atoms with E-state index in [-0.39, 0.29) is 71.0 Å². The summed E-state index contributed by atoms with van der Waals surface area (Å²) in [6.45, 7) is 29.7. The molecule has 0 spiro atoms. The highest BCUT2D eigenvalue weighted by Crippen LogP contribution is 2.55. The number of amides is 6. The number of nitrogens with zero attached hydrogens (tertiary/aromatic N) is 6. The first kappa shape index (κ1) is 89.2. The summed E-state index contributed by atoms with van der Waals surface area (Å²) in [7, 11) is 0. The molecular weight excluding hydrogens is 1580 g/mol. The SMILES string of the molecule is CCCCC(CC)CN1C(=O)C2=C(c3ccc(-c4ccc(C5=C6C(=O)N(CC(CC)CCCC)C(c7ccc(-c8ccccc8)s7)=C6C(=O)N5CC(CC)CCCC)s4)cc3)N(CC(CC)CCCC)C(=O)C2=C1c1ccc(-c2ccc(C3=C4C(=O)N(CC(CC)CCCC)C(c5ccc(-c6ccccc6)s5)=C4C(=O)N3CC(CC)CCCC)s2)cc1. The van der Waals surface area contributed by atoms with Crippen molar-refractivity contribution in [2.75, 3.05) is 39.3 Å². The summed E-state index contributed by atoms with van der Waals surface area (Å²) in [6, 6.07) is 54.6. The summed E-state index contributed by atoms with van der Waals surface area (Å²) in [4.78, 5) is 115. The highest BCUT2D eigenvalue weighted by molar-refractivity contribution is 7.18. The fourth-order valence-electron chi connectivity index (χ4n) is 19.2. The molecule has 0 radical (unpaired) electrons. The summed E-state index contributed by atoms with van der Waals surface area (Å²) in [5, 5.41) is 0. The molecule has 0 bridgehead atoms. The van der Waals surface area contributed by atoms with Crippen molar-refractivity contribution >= 4 is 115 Å². The molecule has 122 heavy (non-hydrogen) atoms. The molecule has 12 nitrogen and oxygen atoms in total. The Bertz CT molecular complexity index is 4950. The van der Waals surface area contributed by atoms with Crippen LogP contribution in [0, 0.1) is 35.5 Å². The molecule has 642 valence electrons. The Hall–Kier alpha value is -9.06. The maximum Gasteiger partial charge on any atom is 0.261 e. The second-order valence-corrected chi connectivity index (χ2v) is 39.2. The van der Waals surface area contributed by atoms with Crippen LogP contribution in [0.5, 0.6) is 0 Å². The van der Waals surface area contributed by atoms with Gasteiger partial charge in [0.15, 0.2) is 0 Å². The molecule has 4 aromatic carbocycles. The summed E-state index contributed by atoms with van der Waals surface area (Å²) >= 11 is 6.51. The first-order chi connectivity index (χ1) is 59.5. The molecule has 0 fully saturated rings. The van der Waals surface area contributed by atoms with Crippen LogP contribution in [-0.4, -0.2) is 104 Å². The molecule has 6 aliphatic rings. The van der Waals surface area contributed by atoms with Crippen LogP contribution >= 0.6 is 45.3 Å². The largest absolute Gasteiger partial charge is 0.307 e. The standard InChI is InChI=1S/C106H128N6O6S4/c1-13-25-37-69(19-7)63-107-95(79-51-47-77(48-52-79)83-57-61-87(121-83)99-93-91(103(115)111(99)67-73(23-11)41-29-17-5)97(109(105(93)117)65-71(21-9)39-27-15-3)85-59-55-81(119-85)75-43-33-31-34-44-75)89-90(101(107)113)96(108(102(89)114)64-70(20-8)38-26-14-2)80-53-49-78(50-54-80)84-58-62-88(122-84)100-94-92(104(116)112(100)68-74(24-12)42-30-18-6)98(110(106(94)118)66-72(22-10)40-28-16-4)86-60-56-82(120-86)76-45-35-32-36-46-76/h31-36,43-62,69-74H,13-30,37-42,63-68H2,1-12H3. The van der Waals surface area contributed by atoms with Crippen molar-refractivity contribution in [3.63, 3.8) is 0 Å². The van der Waals surface area contributed by atoms with Gasteiger partial charge in [0, 0.05) is 58.8 Å². The van der Waals surface area contributed by atoms with E-state index in [4.69, 9.17) is 0 Å². The average molecular weight is 1710 g/mol. The Kier molecular flexibility index (Phi) is 30.1. The van der Waals surface area contributed by atoms with E-state index < -0.39 is 0 Å². The Balaban J connectivity index is 0.851. The summed E-state index contributed by atoms with van der Waals surface area (Å²) in [6.07, 6.45) is 24.0. The highest BCUT2D eigenvalue weighted by Gasteiger charge is 2.54. The van der Waals surface area contributed by atoms with E-state index in [1.807, 2.05) is 41.5 Å². The number of unbranched alkanes of at least 4 members (excludes halogenated alkanes) is 6. The van der Waals surface area contributed by atoms with Gasteiger partial charge >= 0.3 is 0 Å². The van der Waals surface area contributed by atoms with Gasteiger partial charge in [-0.1, -0.05) is 308 Å². The van der Waals surface area contributed by atoms with Crippen LogP contribution in [0.4, 0.5) is 0 Å². The molecule has 6 unspecified atom stereocenters. The van der Waals surface area contributed by atoms with Gasteiger partial charge in [-0.05, 0) is 156 Å². The second kappa shape index (κ2) is 41.2. The van der Waals surface area contributed by atoms with Gasteiger partial charge in [-0.15, -0.1) is 45.3 Å². The smallest absolute Gasteiger partial charge is 0.261 e. The third-order valence-electron chi connectivity index (χ3n) is 26.8. The summed E-state index contributed by atoms with van der Waals surface area (Å²) in [5.74, 6) is 0.726. The van der Waals surface area contributed by atoms with Crippen molar-refractivity contribution in [3.8, 4) is 41.8 Å². The van der Waals surface area contributed by atoms with Crippen molar-refractivity contribution in [1.82, 2.24) is 29.4 Å². The molecule has 0 aliphatic carbocycles. The maximum atomic E-state index is 16.2. The van der Waals surface area contributed by atoms with Crippen LogP contribution in [0.1, 0.15) is 268 Å². The van der Waals surface area contributed by atoms with Crippen molar-refractivity contribution < 1.29 is 28.8 Å². The van der Waals surface area contributed by atoms with E-state index in [0.29, 0.717) is 95.5 Å². The van der Waals surface area contributed by atoms with Gasteiger partial charge in [-0.2, -0.15) is 0 Å². The molecule has 0 saturated carbocycles. The zero-order valence-electron chi connectivity index (χ0n) is 74.5. The molecule has 10 heterocycles. The number of thiophene rings is 4. The molecule has 6 atom stereocenters. The lowest BCUT2D eigenvalue weighted by Gasteiger charge is -2.29. The van der Waals surface area contributed by atoms with Gasteiger partial charge in [0.1, 0.15) is 0 Å². The number of benzene rings is 4. The summed E-state index contributed by atoms with van der Waals surface area (Å²) in [5.41, 5.74) is 12.9. The minimum atomic E-state index is -0.149. The lowest BCUT2D eigenvalue weighted by molar-refractivity contribution is -0.124. The maximum absolute atomic E-state index is 16.2. The second-order valence-electron chi connectivity index (χ2n) is 34.9. The van der Waals surface area contributed by atoms with Gasteiger partial charge in [0.2, 0.25) is 0 Å². The summed E-state index contributed by atoms with van der Waals surface area (Å²) < 4.78 is 0. The number of hydrogen-bond donors (Lipinski definition) is 0. The van der Waals surface area contributed by atoms with E-state index >= 15 is 28.8 Å². The van der Waals surface area contributed by atoms with Gasteiger partial charge in [-0.25, -0.2) is 0 Å². The third kappa shape index (κ3) is 18.3. The molecule has 8 aromatic rings. The quantitative estimate of drug-likeness (QED) is 0.0375. The van der Waals surface area contributed by atoms with Crippen molar-refractivity contribution in [1.29, 1.82) is 0 Å². The lowest BCUT2D eigenvalue weighted by atomic mass is 9.97. The van der Waals surface area contributed by atoms with Gasteiger partial charge < -0.3 is 29.4 Å². The number of rotatable bonds is 46. The fraction of sp³-hybridized carbons (Fsp3) is 0.453. The van der Waals surface area contributed by atoms with Gasteiger partial charge in [0.25, 0.3) is 35.4 Å². The van der Waals surface area contributed by atoms with Gasteiger partial charge in [0.05, 0.1) is 87.1 Å². The third-order valence-corrected chi connectivity index (χ3v) is 31.4. The predicted molar refractivity (Wildman–Crippen MR) is 511 cm³/mol.